The molecule has 0 spiro atoms. The monoisotopic (exact) mass is 440 g/mol. The number of carbonyl (C=O) groups is 1. The molecule has 172 valence electrons. The molecule has 2 fully saturated rings. The van der Waals surface area contributed by atoms with Crippen molar-refractivity contribution in [3.63, 3.8) is 0 Å². The van der Waals surface area contributed by atoms with Crippen molar-refractivity contribution in [3.05, 3.63) is 47.9 Å². The lowest BCUT2D eigenvalue weighted by Gasteiger charge is -2.36. The molecular formula is C23H32N6O3. The highest BCUT2D eigenvalue weighted by Gasteiger charge is 2.23. The Bertz CT molecular complexity index is 887. The Morgan fingerprint density at radius 1 is 1.25 bits per heavy atom. The number of ether oxygens (including phenoxy) is 1. The third kappa shape index (κ3) is 6.08. The van der Waals surface area contributed by atoms with E-state index >= 15 is 0 Å². The lowest BCUT2D eigenvalue weighted by Crippen LogP contribution is -2.52. The van der Waals surface area contributed by atoms with Gasteiger partial charge in [-0.15, -0.1) is 0 Å². The van der Waals surface area contributed by atoms with Gasteiger partial charge in [-0.2, -0.15) is 0 Å². The molecule has 32 heavy (non-hydrogen) atoms. The Balaban J connectivity index is 1.32. The standard InChI is InChI=1S/C23H32N6O3/c1-2-24-23(29-11-9-28(10-12-29)17-20-8-14-32-27-20)25-16-18-5-3-6-19(15-18)26-22(30)21-7-4-13-31-21/h3,5-6,8,14-15,21H,2,4,7,9-13,16-17H2,1H3,(H,24,25)(H,26,30). The molecule has 2 saturated heterocycles. The van der Waals surface area contributed by atoms with Crippen molar-refractivity contribution in [2.24, 2.45) is 4.99 Å². The first-order valence-corrected chi connectivity index (χ1v) is 11.4. The number of rotatable bonds is 7. The van der Waals surface area contributed by atoms with E-state index in [0.717, 1.165) is 75.0 Å². The third-order valence-electron chi connectivity index (χ3n) is 5.71. The molecule has 9 nitrogen and oxygen atoms in total. The first-order valence-electron chi connectivity index (χ1n) is 11.4. The van der Waals surface area contributed by atoms with Crippen molar-refractivity contribution < 1.29 is 14.1 Å². The zero-order valence-corrected chi connectivity index (χ0v) is 18.6. The number of nitrogens with one attached hydrogen (secondary N) is 2. The van der Waals surface area contributed by atoms with Crippen molar-refractivity contribution in [1.82, 2.24) is 20.3 Å². The van der Waals surface area contributed by atoms with Crippen LogP contribution in [-0.2, 0) is 22.6 Å². The zero-order valence-electron chi connectivity index (χ0n) is 18.6. The van der Waals surface area contributed by atoms with E-state index in [1.54, 1.807) is 6.26 Å². The first-order chi connectivity index (χ1) is 15.7. The lowest BCUT2D eigenvalue weighted by molar-refractivity contribution is -0.124. The number of hydrogen-bond donors (Lipinski definition) is 2. The number of benzene rings is 1. The Labute approximate surface area is 188 Å². The van der Waals surface area contributed by atoms with Crippen LogP contribution in [0.2, 0.25) is 0 Å². The average molecular weight is 441 g/mol. The van der Waals surface area contributed by atoms with Crippen molar-refractivity contribution in [1.29, 1.82) is 0 Å². The van der Waals surface area contributed by atoms with Crippen LogP contribution in [0.15, 0.2) is 46.1 Å². The summed E-state index contributed by atoms with van der Waals surface area (Å²) in [5.74, 6) is 0.849. The third-order valence-corrected chi connectivity index (χ3v) is 5.71. The molecule has 9 heteroatoms. The summed E-state index contributed by atoms with van der Waals surface area (Å²) in [4.78, 5) is 21.8. The molecule has 4 rings (SSSR count). The highest BCUT2D eigenvalue weighted by atomic mass is 16.5. The molecule has 0 radical (unpaired) electrons. The summed E-state index contributed by atoms with van der Waals surface area (Å²) in [6, 6.07) is 9.78. The fraction of sp³-hybridized carbons (Fsp3) is 0.522. The number of piperazine rings is 1. The number of aromatic nitrogens is 1. The smallest absolute Gasteiger partial charge is 0.253 e. The number of guanidine groups is 1. The molecular weight excluding hydrogens is 408 g/mol. The van der Waals surface area contributed by atoms with Gasteiger partial charge in [-0.25, -0.2) is 4.99 Å². The van der Waals surface area contributed by atoms with E-state index in [0.29, 0.717) is 13.2 Å². The second-order valence-corrected chi connectivity index (χ2v) is 8.12. The number of amides is 1. The van der Waals surface area contributed by atoms with Crippen LogP contribution in [-0.4, -0.2) is 72.3 Å². The molecule has 2 aliphatic rings. The number of hydrogen-bond acceptors (Lipinski definition) is 6. The molecule has 2 aliphatic heterocycles. The van der Waals surface area contributed by atoms with Gasteiger partial charge in [0.15, 0.2) is 5.96 Å². The van der Waals surface area contributed by atoms with Crippen molar-refractivity contribution in [3.8, 4) is 0 Å². The second kappa shape index (κ2) is 11.1. The van der Waals surface area contributed by atoms with Crippen LogP contribution >= 0.6 is 0 Å². The quantitative estimate of drug-likeness (QED) is 0.503. The van der Waals surface area contributed by atoms with Gasteiger partial charge in [0.05, 0.1) is 12.2 Å². The fourth-order valence-corrected chi connectivity index (χ4v) is 4.01. The SMILES string of the molecule is CCNC(=NCc1cccc(NC(=O)C2CCCO2)c1)N1CCN(Cc2ccon2)CC1. The summed E-state index contributed by atoms with van der Waals surface area (Å²) in [5.41, 5.74) is 2.80. The highest BCUT2D eigenvalue weighted by molar-refractivity contribution is 5.94. The molecule has 0 saturated carbocycles. The predicted octanol–water partition coefficient (Wildman–Crippen LogP) is 2.08. The van der Waals surface area contributed by atoms with Gasteiger partial charge < -0.3 is 24.8 Å². The van der Waals surface area contributed by atoms with Gasteiger partial charge in [0.25, 0.3) is 5.91 Å². The molecule has 1 atom stereocenters. The van der Waals surface area contributed by atoms with Crippen molar-refractivity contribution in [2.75, 3.05) is 44.6 Å². The number of aliphatic imine (C=N–C) groups is 1. The van der Waals surface area contributed by atoms with Crippen molar-refractivity contribution in [2.45, 2.75) is 39.0 Å². The summed E-state index contributed by atoms with van der Waals surface area (Å²) in [7, 11) is 0. The van der Waals surface area contributed by atoms with Gasteiger partial charge in [-0.05, 0) is 37.5 Å². The highest BCUT2D eigenvalue weighted by Crippen LogP contribution is 2.17. The van der Waals surface area contributed by atoms with E-state index in [-0.39, 0.29) is 12.0 Å². The Hall–Kier alpha value is -2.91. The van der Waals surface area contributed by atoms with Crippen LogP contribution in [0.4, 0.5) is 5.69 Å². The van der Waals surface area contributed by atoms with E-state index < -0.39 is 0 Å². The fourth-order valence-electron chi connectivity index (χ4n) is 4.01. The lowest BCUT2D eigenvalue weighted by atomic mass is 10.2. The first kappa shape index (κ1) is 22.3. The number of anilines is 1. The van der Waals surface area contributed by atoms with Gasteiger partial charge in [-0.1, -0.05) is 17.3 Å². The zero-order chi connectivity index (χ0) is 22.2. The maximum Gasteiger partial charge on any atom is 0.253 e. The molecule has 0 bridgehead atoms. The van der Waals surface area contributed by atoms with Crippen LogP contribution < -0.4 is 10.6 Å². The molecule has 1 amide bonds. The van der Waals surface area contributed by atoms with E-state index in [4.69, 9.17) is 14.3 Å². The molecule has 1 unspecified atom stereocenters. The molecule has 1 aromatic carbocycles. The normalized spacial score (nSPS) is 19.8. The molecule has 2 N–H and O–H groups in total. The maximum absolute atomic E-state index is 12.3. The minimum absolute atomic E-state index is 0.0695. The van der Waals surface area contributed by atoms with E-state index in [1.165, 1.54) is 0 Å². The largest absolute Gasteiger partial charge is 0.368 e. The van der Waals surface area contributed by atoms with E-state index in [2.05, 4.69) is 32.5 Å². The van der Waals surface area contributed by atoms with E-state index in [1.807, 2.05) is 30.3 Å². The maximum atomic E-state index is 12.3. The van der Waals surface area contributed by atoms with Gasteiger partial charge in [0, 0.05) is 57.6 Å². The van der Waals surface area contributed by atoms with Crippen LogP contribution in [0.1, 0.15) is 31.0 Å². The van der Waals surface area contributed by atoms with Crippen LogP contribution in [0.3, 0.4) is 0 Å². The second-order valence-electron chi connectivity index (χ2n) is 8.12. The molecule has 3 heterocycles. The number of carbonyl (C=O) groups excluding carboxylic acids is 1. The van der Waals surface area contributed by atoms with Gasteiger partial charge in [0.2, 0.25) is 0 Å². The summed E-state index contributed by atoms with van der Waals surface area (Å²) >= 11 is 0. The Kier molecular flexibility index (Phi) is 7.73. The summed E-state index contributed by atoms with van der Waals surface area (Å²) in [6.07, 6.45) is 3.01. The van der Waals surface area contributed by atoms with E-state index in [9.17, 15) is 4.79 Å². The Morgan fingerprint density at radius 2 is 2.12 bits per heavy atom. The van der Waals surface area contributed by atoms with Gasteiger partial charge >= 0.3 is 0 Å². The van der Waals surface area contributed by atoms with Gasteiger partial charge in [0.1, 0.15) is 12.4 Å². The van der Waals surface area contributed by atoms with Crippen LogP contribution in [0.5, 0.6) is 0 Å². The minimum atomic E-state index is -0.333. The van der Waals surface area contributed by atoms with Gasteiger partial charge in [-0.3, -0.25) is 9.69 Å². The predicted molar refractivity (Wildman–Crippen MR) is 122 cm³/mol. The molecule has 0 aliphatic carbocycles. The summed E-state index contributed by atoms with van der Waals surface area (Å²) in [6.45, 7) is 8.61. The topological polar surface area (TPSA) is 95.2 Å². The molecule has 2 aromatic rings. The Morgan fingerprint density at radius 3 is 2.84 bits per heavy atom. The molecule has 1 aromatic heterocycles. The minimum Gasteiger partial charge on any atom is -0.368 e. The summed E-state index contributed by atoms with van der Waals surface area (Å²) < 4.78 is 10.4. The summed E-state index contributed by atoms with van der Waals surface area (Å²) in [5, 5.41) is 10.4. The number of nitrogens with zero attached hydrogens (tertiary/aromatic N) is 4. The van der Waals surface area contributed by atoms with Crippen molar-refractivity contribution >= 4 is 17.6 Å². The van der Waals surface area contributed by atoms with Crippen LogP contribution in [0.25, 0.3) is 0 Å². The van der Waals surface area contributed by atoms with Crippen LogP contribution in [0, 0.1) is 0 Å². The average Bonchev–Trinajstić information content (AvgIpc) is 3.52.